The molecule has 1 rings (SSSR count). The van der Waals surface area contributed by atoms with Gasteiger partial charge >= 0.3 is 5.97 Å². The van der Waals surface area contributed by atoms with Crippen molar-refractivity contribution in [2.45, 2.75) is 103 Å². The van der Waals surface area contributed by atoms with E-state index < -0.39 is 29.3 Å². The molecule has 0 heterocycles. The summed E-state index contributed by atoms with van der Waals surface area (Å²) in [6.45, 7) is 14.4. The topological polar surface area (TPSA) is 81.7 Å². The molecule has 3 unspecified atom stereocenters. The van der Waals surface area contributed by atoms with Crippen molar-refractivity contribution in [3.63, 3.8) is 0 Å². The Balaban J connectivity index is 2.82. The second-order valence-electron chi connectivity index (χ2n) is 9.20. The summed E-state index contributed by atoms with van der Waals surface area (Å²) in [5.41, 5.74) is -1.11. The van der Waals surface area contributed by atoms with Crippen LogP contribution in [0.25, 0.3) is 0 Å². The molecule has 0 aromatic rings. The lowest BCUT2D eigenvalue weighted by Gasteiger charge is -2.32. The molecule has 4 atom stereocenters. The van der Waals surface area contributed by atoms with Gasteiger partial charge in [-0.1, -0.05) is 11.8 Å². The molecule has 27 heavy (non-hydrogen) atoms. The zero-order chi connectivity index (χ0) is 21.0. The van der Waals surface area contributed by atoms with E-state index in [0.717, 1.165) is 6.42 Å². The van der Waals surface area contributed by atoms with Crippen molar-refractivity contribution < 1.29 is 23.9 Å². The first-order valence-corrected chi connectivity index (χ1v) is 10.4. The Morgan fingerprint density at radius 1 is 1.04 bits per heavy atom. The Bertz CT molecular complexity index is 550. The zero-order valence-corrected chi connectivity index (χ0v) is 18.7. The van der Waals surface area contributed by atoms with Crippen molar-refractivity contribution in [2.75, 3.05) is 0 Å². The van der Waals surface area contributed by atoms with Crippen molar-refractivity contribution in [1.29, 1.82) is 0 Å². The Kier molecular flexibility index (Phi) is 8.35. The first kappa shape index (κ1) is 24.0. The number of carbonyl (C=O) groups excluding carboxylic acids is 3. The number of nitrogens with one attached hydrogen (secondary N) is 1. The molecule has 0 radical (unpaired) electrons. The van der Waals surface area contributed by atoms with E-state index >= 15 is 0 Å². The average molecular weight is 402 g/mol. The molecule has 0 spiro atoms. The monoisotopic (exact) mass is 401 g/mol. The highest BCUT2D eigenvalue weighted by Gasteiger charge is 2.37. The summed E-state index contributed by atoms with van der Waals surface area (Å²) >= 11 is 1.30. The van der Waals surface area contributed by atoms with Gasteiger partial charge in [0.05, 0.1) is 11.7 Å². The number of hydrogen-bond donors (Lipinski definition) is 1. The molecule has 0 aliphatic heterocycles. The maximum atomic E-state index is 12.8. The van der Waals surface area contributed by atoms with Crippen LogP contribution in [-0.2, 0) is 23.9 Å². The van der Waals surface area contributed by atoms with Gasteiger partial charge in [-0.25, -0.2) is 4.79 Å². The third-order valence-corrected chi connectivity index (χ3v) is 5.15. The summed E-state index contributed by atoms with van der Waals surface area (Å²) in [4.78, 5) is 36.7. The number of carbonyl (C=O) groups is 3. The van der Waals surface area contributed by atoms with Crippen molar-refractivity contribution in [1.82, 2.24) is 5.32 Å². The molecule has 0 saturated heterocycles. The van der Waals surface area contributed by atoms with Gasteiger partial charge in [-0.05, 0) is 67.7 Å². The van der Waals surface area contributed by atoms with Crippen LogP contribution in [0, 0.1) is 5.92 Å². The van der Waals surface area contributed by atoms with Gasteiger partial charge in [-0.2, -0.15) is 0 Å². The predicted molar refractivity (Wildman–Crippen MR) is 107 cm³/mol. The van der Waals surface area contributed by atoms with Gasteiger partial charge in [0.2, 0.25) is 5.91 Å². The predicted octanol–water partition coefficient (Wildman–Crippen LogP) is 3.46. The minimum Gasteiger partial charge on any atom is -0.458 e. The molecule has 0 bridgehead atoms. The minimum atomic E-state index is -0.879. The van der Waals surface area contributed by atoms with Crippen LogP contribution in [0.1, 0.15) is 74.7 Å². The molecule has 6 nitrogen and oxygen atoms in total. The third-order valence-electron chi connectivity index (χ3n) is 4.06. The van der Waals surface area contributed by atoms with E-state index in [1.165, 1.54) is 11.8 Å². The van der Waals surface area contributed by atoms with Gasteiger partial charge in [0.25, 0.3) is 0 Å². The standard InChI is InChI=1S/C20H35NO5S/c1-12(25-19(3,4)5)16(18(24)26-20(6,7)8)21-17(23)14-9-10-15(11-14)27-13(2)22/h12,14-16H,9-11H2,1-8H3,(H,21,23)/t12?,14?,15?,16-/m0/s1. The Labute approximate surface area is 167 Å². The molecule has 1 aliphatic rings. The van der Waals surface area contributed by atoms with Crippen LogP contribution in [0.3, 0.4) is 0 Å². The van der Waals surface area contributed by atoms with Crippen LogP contribution in [0.2, 0.25) is 0 Å². The van der Waals surface area contributed by atoms with Crippen molar-refractivity contribution in [3.8, 4) is 0 Å². The third kappa shape index (κ3) is 9.10. The fourth-order valence-corrected chi connectivity index (χ4v) is 4.20. The molecular formula is C20H35NO5S. The van der Waals surface area contributed by atoms with E-state index in [4.69, 9.17) is 9.47 Å². The molecule has 0 aromatic heterocycles. The van der Waals surface area contributed by atoms with Crippen LogP contribution >= 0.6 is 11.8 Å². The van der Waals surface area contributed by atoms with E-state index in [1.54, 1.807) is 34.6 Å². The molecule has 1 saturated carbocycles. The summed E-state index contributed by atoms with van der Waals surface area (Å²) < 4.78 is 11.4. The Morgan fingerprint density at radius 2 is 1.63 bits per heavy atom. The van der Waals surface area contributed by atoms with E-state index in [1.807, 2.05) is 20.8 Å². The maximum Gasteiger partial charge on any atom is 0.331 e. The molecule has 0 aromatic carbocycles. The van der Waals surface area contributed by atoms with E-state index in [9.17, 15) is 14.4 Å². The number of esters is 1. The Morgan fingerprint density at radius 3 is 2.11 bits per heavy atom. The Hall–Kier alpha value is -1.08. The smallest absolute Gasteiger partial charge is 0.331 e. The molecular weight excluding hydrogens is 366 g/mol. The van der Waals surface area contributed by atoms with Crippen LogP contribution in [0.15, 0.2) is 0 Å². The van der Waals surface area contributed by atoms with Crippen LogP contribution in [-0.4, -0.2) is 45.6 Å². The van der Waals surface area contributed by atoms with Gasteiger partial charge in [0.1, 0.15) is 5.60 Å². The maximum absolute atomic E-state index is 12.8. The van der Waals surface area contributed by atoms with Crippen molar-refractivity contribution in [3.05, 3.63) is 0 Å². The quantitative estimate of drug-likeness (QED) is 0.687. The van der Waals surface area contributed by atoms with E-state index in [2.05, 4.69) is 5.32 Å². The highest BCUT2D eigenvalue weighted by molar-refractivity contribution is 8.14. The van der Waals surface area contributed by atoms with Gasteiger partial charge in [-0.15, -0.1) is 0 Å². The molecule has 1 N–H and O–H groups in total. The van der Waals surface area contributed by atoms with E-state index in [0.29, 0.717) is 12.8 Å². The number of hydrogen-bond acceptors (Lipinski definition) is 6. The van der Waals surface area contributed by atoms with Gasteiger partial charge in [0.15, 0.2) is 11.2 Å². The summed E-state index contributed by atoms with van der Waals surface area (Å²) in [5.74, 6) is -0.879. The fraction of sp³-hybridized carbons (Fsp3) is 0.850. The summed E-state index contributed by atoms with van der Waals surface area (Å²) in [7, 11) is 0. The average Bonchev–Trinajstić information content (AvgIpc) is 2.88. The highest BCUT2D eigenvalue weighted by Crippen LogP contribution is 2.34. The molecule has 1 amide bonds. The van der Waals surface area contributed by atoms with Crippen molar-refractivity contribution in [2.24, 2.45) is 5.92 Å². The summed E-state index contributed by atoms with van der Waals surface area (Å²) in [5, 5.41) is 3.08. The second-order valence-corrected chi connectivity index (χ2v) is 10.7. The lowest BCUT2D eigenvalue weighted by atomic mass is 10.0. The van der Waals surface area contributed by atoms with E-state index in [-0.39, 0.29) is 22.2 Å². The second kappa shape index (κ2) is 9.41. The highest BCUT2D eigenvalue weighted by atomic mass is 32.2. The van der Waals surface area contributed by atoms with Gasteiger partial charge < -0.3 is 14.8 Å². The number of ether oxygens (including phenoxy) is 2. The van der Waals surface area contributed by atoms with Crippen LogP contribution in [0.5, 0.6) is 0 Å². The zero-order valence-electron chi connectivity index (χ0n) is 17.9. The number of thioether (sulfide) groups is 1. The van der Waals surface area contributed by atoms with Crippen LogP contribution < -0.4 is 5.32 Å². The number of amides is 1. The minimum absolute atomic E-state index is 0.0693. The first-order valence-electron chi connectivity index (χ1n) is 9.56. The lowest BCUT2D eigenvalue weighted by Crippen LogP contribution is -2.53. The van der Waals surface area contributed by atoms with Gasteiger partial charge in [0, 0.05) is 18.1 Å². The van der Waals surface area contributed by atoms with Gasteiger partial charge in [-0.3, -0.25) is 9.59 Å². The lowest BCUT2D eigenvalue weighted by molar-refractivity contribution is -0.166. The normalized spacial score (nSPS) is 22.8. The summed E-state index contributed by atoms with van der Waals surface area (Å²) in [6, 6.07) is -0.879. The molecule has 7 heteroatoms. The largest absolute Gasteiger partial charge is 0.458 e. The molecule has 156 valence electrons. The summed E-state index contributed by atoms with van der Waals surface area (Å²) in [6.07, 6.45) is 1.65. The fourth-order valence-electron chi connectivity index (χ4n) is 3.15. The molecule has 1 fully saturated rings. The molecule has 1 aliphatic carbocycles. The number of rotatable bonds is 6. The SMILES string of the molecule is CC(=O)SC1CCC(C(=O)N[C@H](C(=O)OC(C)(C)C)C(C)OC(C)(C)C)C1. The first-order chi connectivity index (χ1) is 12.2. The van der Waals surface area contributed by atoms with Crippen molar-refractivity contribution >= 4 is 28.8 Å². The van der Waals surface area contributed by atoms with Crippen LogP contribution in [0.4, 0.5) is 0 Å².